The van der Waals surface area contributed by atoms with Gasteiger partial charge in [0.1, 0.15) is 5.75 Å². The molecule has 1 aromatic rings. The Hall–Kier alpha value is -1.55. The van der Waals surface area contributed by atoms with Gasteiger partial charge >= 0.3 is 0 Å². The number of benzene rings is 1. The largest absolute Gasteiger partial charge is 0.507 e. The first kappa shape index (κ1) is 14.9. The predicted molar refractivity (Wildman–Crippen MR) is 80.0 cm³/mol. The molecule has 0 aliphatic carbocycles. The third kappa shape index (κ3) is 3.51. The molecule has 0 unspecified atom stereocenters. The smallest absolute Gasteiger partial charge is 0.257 e. The standard InChI is InChI=1S/C16H24N2O2/c1-12-4-5-15(19)14(10-12)16(20)18(3)11-13-6-8-17(2)9-7-13/h4-5,10,13,19H,6-9,11H2,1-3H3. The fourth-order valence-corrected chi connectivity index (χ4v) is 2.74. The highest BCUT2D eigenvalue weighted by molar-refractivity contribution is 5.96. The Morgan fingerprint density at radius 1 is 1.40 bits per heavy atom. The van der Waals surface area contributed by atoms with E-state index in [2.05, 4.69) is 11.9 Å². The number of rotatable bonds is 3. The minimum Gasteiger partial charge on any atom is -0.507 e. The molecule has 1 amide bonds. The lowest BCUT2D eigenvalue weighted by Crippen LogP contribution is -2.38. The maximum absolute atomic E-state index is 12.4. The number of aryl methyl sites for hydroxylation is 1. The number of likely N-dealkylation sites (tertiary alicyclic amines) is 1. The summed E-state index contributed by atoms with van der Waals surface area (Å²) in [7, 11) is 3.96. The Balaban J connectivity index is 1.99. The van der Waals surface area contributed by atoms with E-state index < -0.39 is 0 Å². The van der Waals surface area contributed by atoms with Crippen molar-refractivity contribution in [2.45, 2.75) is 19.8 Å². The molecule has 1 saturated heterocycles. The van der Waals surface area contributed by atoms with Gasteiger partial charge in [-0.15, -0.1) is 0 Å². The summed E-state index contributed by atoms with van der Waals surface area (Å²) in [6, 6.07) is 5.15. The summed E-state index contributed by atoms with van der Waals surface area (Å²) in [6.45, 7) is 4.89. The number of amides is 1. The lowest BCUT2D eigenvalue weighted by atomic mass is 9.96. The normalized spacial score (nSPS) is 17.1. The van der Waals surface area contributed by atoms with E-state index in [9.17, 15) is 9.90 Å². The lowest BCUT2D eigenvalue weighted by Gasteiger charge is -2.31. The number of phenolic OH excluding ortho intramolecular Hbond substituents is 1. The van der Waals surface area contributed by atoms with Gasteiger partial charge < -0.3 is 14.9 Å². The number of carbonyl (C=O) groups excluding carboxylic acids is 1. The number of piperidine rings is 1. The van der Waals surface area contributed by atoms with Gasteiger partial charge in [-0.1, -0.05) is 11.6 Å². The third-order valence-corrected chi connectivity index (χ3v) is 4.10. The monoisotopic (exact) mass is 276 g/mol. The van der Waals surface area contributed by atoms with Crippen LogP contribution in [0.5, 0.6) is 5.75 Å². The van der Waals surface area contributed by atoms with Crippen LogP contribution >= 0.6 is 0 Å². The predicted octanol–water partition coefficient (Wildman–Crippen LogP) is 2.11. The maximum Gasteiger partial charge on any atom is 0.257 e. The highest BCUT2D eigenvalue weighted by Crippen LogP contribution is 2.22. The maximum atomic E-state index is 12.4. The Kier molecular flexibility index (Phi) is 4.65. The lowest BCUT2D eigenvalue weighted by molar-refractivity contribution is 0.0744. The summed E-state index contributed by atoms with van der Waals surface area (Å²) in [5.41, 5.74) is 1.39. The van der Waals surface area contributed by atoms with Gasteiger partial charge in [0, 0.05) is 13.6 Å². The van der Waals surface area contributed by atoms with Gasteiger partial charge in [0.05, 0.1) is 5.56 Å². The zero-order valence-electron chi connectivity index (χ0n) is 12.6. The first-order chi connectivity index (χ1) is 9.47. The summed E-state index contributed by atoms with van der Waals surface area (Å²) in [5.74, 6) is 0.535. The Bertz CT molecular complexity index is 479. The zero-order valence-corrected chi connectivity index (χ0v) is 12.6. The van der Waals surface area contributed by atoms with Crippen molar-refractivity contribution in [3.8, 4) is 5.75 Å². The molecule has 0 radical (unpaired) electrons. The molecular weight excluding hydrogens is 252 g/mol. The van der Waals surface area contributed by atoms with Crippen molar-refractivity contribution >= 4 is 5.91 Å². The van der Waals surface area contributed by atoms with Crippen molar-refractivity contribution < 1.29 is 9.90 Å². The van der Waals surface area contributed by atoms with Crippen molar-refractivity contribution in [3.63, 3.8) is 0 Å². The summed E-state index contributed by atoms with van der Waals surface area (Å²) < 4.78 is 0. The fraction of sp³-hybridized carbons (Fsp3) is 0.562. The van der Waals surface area contributed by atoms with Crippen LogP contribution in [0.25, 0.3) is 0 Å². The van der Waals surface area contributed by atoms with Crippen LogP contribution in [0.4, 0.5) is 0 Å². The second-order valence-electron chi connectivity index (χ2n) is 5.95. The third-order valence-electron chi connectivity index (χ3n) is 4.10. The quantitative estimate of drug-likeness (QED) is 0.919. The van der Waals surface area contributed by atoms with Crippen molar-refractivity contribution in [2.24, 2.45) is 5.92 Å². The molecule has 1 aliphatic heterocycles. The van der Waals surface area contributed by atoms with E-state index in [0.717, 1.165) is 38.0 Å². The number of hydrogen-bond acceptors (Lipinski definition) is 3. The van der Waals surface area contributed by atoms with Gasteiger partial charge in [-0.05, 0) is 58.0 Å². The van der Waals surface area contributed by atoms with Gasteiger partial charge in [-0.3, -0.25) is 4.79 Å². The number of aromatic hydroxyl groups is 1. The van der Waals surface area contributed by atoms with Gasteiger partial charge in [0.15, 0.2) is 0 Å². The van der Waals surface area contributed by atoms with Gasteiger partial charge in [-0.2, -0.15) is 0 Å². The molecule has 1 heterocycles. The van der Waals surface area contributed by atoms with Crippen molar-refractivity contribution in [2.75, 3.05) is 33.7 Å². The molecule has 2 rings (SSSR count). The Labute approximate surface area is 121 Å². The van der Waals surface area contributed by atoms with Crippen LogP contribution in [-0.4, -0.2) is 54.5 Å². The van der Waals surface area contributed by atoms with Gasteiger partial charge in [0.2, 0.25) is 0 Å². The van der Waals surface area contributed by atoms with E-state index >= 15 is 0 Å². The van der Waals surface area contributed by atoms with Crippen molar-refractivity contribution in [3.05, 3.63) is 29.3 Å². The molecular formula is C16H24N2O2. The van der Waals surface area contributed by atoms with E-state index in [-0.39, 0.29) is 11.7 Å². The Morgan fingerprint density at radius 3 is 2.70 bits per heavy atom. The highest BCUT2D eigenvalue weighted by atomic mass is 16.3. The summed E-state index contributed by atoms with van der Waals surface area (Å²) >= 11 is 0. The second kappa shape index (κ2) is 6.27. The van der Waals surface area contributed by atoms with Gasteiger partial charge in [-0.25, -0.2) is 0 Å². The number of nitrogens with zero attached hydrogens (tertiary/aromatic N) is 2. The molecule has 1 aromatic carbocycles. The summed E-state index contributed by atoms with van der Waals surface area (Å²) in [4.78, 5) is 16.5. The second-order valence-corrected chi connectivity index (χ2v) is 5.95. The van der Waals surface area contributed by atoms with Crippen LogP contribution in [0.15, 0.2) is 18.2 Å². The minimum atomic E-state index is -0.0925. The molecule has 0 saturated carbocycles. The van der Waals surface area contributed by atoms with Crippen molar-refractivity contribution in [1.82, 2.24) is 9.80 Å². The van der Waals surface area contributed by atoms with Crippen LogP contribution in [0.2, 0.25) is 0 Å². The SMILES string of the molecule is Cc1ccc(O)c(C(=O)N(C)CC2CCN(C)CC2)c1. The molecule has 0 spiro atoms. The topological polar surface area (TPSA) is 43.8 Å². The first-order valence-electron chi connectivity index (χ1n) is 7.21. The van der Waals surface area contributed by atoms with E-state index in [0.29, 0.717) is 11.5 Å². The van der Waals surface area contributed by atoms with E-state index in [1.165, 1.54) is 0 Å². The van der Waals surface area contributed by atoms with E-state index in [1.54, 1.807) is 17.0 Å². The number of carbonyl (C=O) groups is 1. The molecule has 4 nitrogen and oxygen atoms in total. The average Bonchev–Trinajstić information content (AvgIpc) is 2.43. The Morgan fingerprint density at radius 2 is 2.05 bits per heavy atom. The first-order valence-corrected chi connectivity index (χ1v) is 7.21. The van der Waals surface area contributed by atoms with Gasteiger partial charge in [0.25, 0.3) is 5.91 Å². The van der Waals surface area contributed by atoms with Crippen LogP contribution in [0, 0.1) is 12.8 Å². The summed E-state index contributed by atoms with van der Waals surface area (Å²) in [6.07, 6.45) is 2.27. The molecule has 20 heavy (non-hydrogen) atoms. The average molecular weight is 276 g/mol. The molecule has 0 atom stereocenters. The van der Waals surface area contributed by atoms with Crippen LogP contribution in [0.1, 0.15) is 28.8 Å². The zero-order chi connectivity index (χ0) is 14.7. The molecule has 0 aromatic heterocycles. The molecule has 1 aliphatic rings. The number of phenols is 1. The van der Waals surface area contributed by atoms with Crippen LogP contribution in [-0.2, 0) is 0 Å². The molecule has 0 bridgehead atoms. The summed E-state index contributed by atoms with van der Waals surface area (Å²) in [5, 5.41) is 9.84. The van der Waals surface area contributed by atoms with Crippen LogP contribution < -0.4 is 0 Å². The van der Waals surface area contributed by atoms with Crippen LogP contribution in [0.3, 0.4) is 0 Å². The number of hydrogen-bond donors (Lipinski definition) is 1. The minimum absolute atomic E-state index is 0.0656. The highest BCUT2D eigenvalue weighted by Gasteiger charge is 2.22. The fourth-order valence-electron chi connectivity index (χ4n) is 2.74. The molecule has 1 fully saturated rings. The van der Waals surface area contributed by atoms with E-state index in [4.69, 9.17) is 0 Å². The molecule has 1 N–H and O–H groups in total. The molecule has 4 heteroatoms. The van der Waals surface area contributed by atoms with Crippen molar-refractivity contribution in [1.29, 1.82) is 0 Å². The van der Waals surface area contributed by atoms with E-state index in [1.807, 2.05) is 20.0 Å². The molecule has 110 valence electrons.